The highest BCUT2D eigenvalue weighted by molar-refractivity contribution is 7.45. The van der Waals surface area contributed by atoms with Crippen molar-refractivity contribution >= 4 is 19.7 Å². The van der Waals surface area contributed by atoms with Gasteiger partial charge in [0.1, 0.15) is 19.3 Å². The minimum atomic E-state index is -4.69. The van der Waals surface area contributed by atoms with Gasteiger partial charge in [-0.3, -0.25) is 14.2 Å². The highest BCUT2D eigenvalue weighted by atomic mass is 31.2. The third-order valence-corrected chi connectivity index (χ3v) is 14.5. The molecule has 0 aromatic carbocycles. The van der Waals surface area contributed by atoms with E-state index in [9.17, 15) is 19.0 Å². The Labute approximate surface area is 440 Å². The Morgan fingerprint density at radius 3 is 1.20 bits per heavy atom. The molecule has 0 spiro atoms. The zero-order chi connectivity index (χ0) is 52.2. The second kappa shape index (κ2) is 51.7. The summed E-state index contributed by atoms with van der Waals surface area (Å²) in [7, 11) is 1.19. The van der Waals surface area contributed by atoms with Gasteiger partial charge < -0.3 is 28.5 Å². The molecule has 0 aliphatic heterocycles. The first-order valence-electron chi connectivity index (χ1n) is 30.3. The number of phosphoric ester groups is 1. The zero-order valence-corrected chi connectivity index (χ0v) is 48.6. The van der Waals surface area contributed by atoms with Crippen LogP contribution in [-0.2, 0) is 27.9 Å². The molecule has 0 aliphatic carbocycles. The Morgan fingerprint density at radius 1 is 0.479 bits per heavy atom. The molecule has 1 amide bonds. The number of phosphoric acid groups is 1. The minimum Gasteiger partial charge on any atom is -0.756 e. The lowest BCUT2D eigenvalue weighted by Gasteiger charge is -2.30. The van der Waals surface area contributed by atoms with Gasteiger partial charge in [-0.15, -0.1) is 0 Å². The second-order valence-corrected chi connectivity index (χ2v) is 23.3. The SMILES string of the molecule is CCCCCCCC/C=C/CCCCCCCCCC(=O)NC(COP(=O)([O-])OCC[N+](C)(C)C)C(/C=C/CCCCCCCCCCC)OC(=O)CCCCCCCCC/C=C/CCCCCCCC. The third-order valence-electron chi connectivity index (χ3n) is 13.5. The van der Waals surface area contributed by atoms with Crippen LogP contribution < -0.4 is 10.2 Å². The van der Waals surface area contributed by atoms with Crippen molar-refractivity contribution in [2.45, 2.75) is 303 Å². The molecule has 0 rings (SSSR count). The van der Waals surface area contributed by atoms with Crippen LogP contribution in [0.25, 0.3) is 0 Å². The molecule has 418 valence electrons. The summed E-state index contributed by atoms with van der Waals surface area (Å²) < 4.78 is 30.3. The summed E-state index contributed by atoms with van der Waals surface area (Å²) in [4.78, 5) is 39.9. The molecule has 0 aromatic heterocycles. The van der Waals surface area contributed by atoms with Gasteiger partial charge in [0.15, 0.2) is 0 Å². The van der Waals surface area contributed by atoms with Gasteiger partial charge in [-0.1, -0.05) is 231 Å². The lowest BCUT2D eigenvalue weighted by molar-refractivity contribution is -0.870. The summed E-state index contributed by atoms with van der Waals surface area (Å²) in [5, 5.41) is 3.02. The number of unbranched alkanes of at least 4 members (excludes halogenated alkanes) is 35. The molecule has 0 aromatic rings. The number of quaternary nitrogens is 1. The fourth-order valence-corrected chi connectivity index (χ4v) is 9.53. The fourth-order valence-electron chi connectivity index (χ4n) is 8.81. The number of hydrogen-bond donors (Lipinski definition) is 1. The summed E-state index contributed by atoms with van der Waals surface area (Å²) in [5.74, 6) is -0.543. The van der Waals surface area contributed by atoms with E-state index in [4.69, 9.17) is 13.8 Å². The molecule has 0 bridgehead atoms. The Morgan fingerprint density at radius 2 is 0.817 bits per heavy atom. The van der Waals surface area contributed by atoms with Gasteiger partial charge in [-0.25, -0.2) is 0 Å². The summed E-state index contributed by atoms with van der Waals surface area (Å²) in [6.07, 6.45) is 61.0. The minimum absolute atomic E-state index is 0.0224. The lowest BCUT2D eigenvalue weighted by atomic mass is 10.0. The number of ether oxygens (including phenoxy) is 1. The smallest absolute Gasteiger partial charge is 0.306 e. The average Bonchev–Trinajstić information content (AvgIpc) is 3.33. The van der Waals surface area contributed by atoms with Crippen LogP contribution in [0.4, 0.5) is 0 Å². The van der Waals surface area contributed by atoms with Crippen LogP contribution in [0.2, 0.25) is 0 Å². The van der Waals surface area contributed by atoms with Crippen LogP contribution in [0.15, 0.2) is 36.5 Å². The van der Waals surface area contributed by atoms with Crippen LogP contribution in [0.5, 0.6) is 0 Å². The van der Waals surface area contributed by atoms with E-state index in [1.807, 2.05) is 33.3 Å². The normalized spacial score (nSPS) is 14.0. The molecule has 10 heteroatoms. The first kappa shape index (κ1) is 69.2. The molecule has 0 heterocycles. The van der Waals surface area contributed by atoms with Crippen molar-refractivity contribution < 1.29 is 37.3 Å². The molecule has 0 fully saturated rings. The predicted octanol–water partition coefficient (Wildman–Crippen LogP) is 17.7. The van der Waals surface area contributed by atoms with Gasteiger partial charge in [-0.05, 0) is 83.1 Å². The average molecular weight is 1020 g/mol. The number of rotatable bonds is 55. The summed E-state index contributed by atoms with van der Waals surface area (Å²) in [5.41, 5.74) is 0. The number of nitrogens with one attached hydrogen (secondary N) is 1. The summed E-state index contributed by atoms with van der Waals surface area (Å²) in [6.45, 7) is 6.84. The van der Waals surface area contributed by atoms with Crippen LogP contribution >= 0.6 is 7.82 Å². The number of hydrogen-bond acceptors (Lipinski definition) is 7. The van der Waals surface area contributed by atoms with Crippen molar-refractivity contribution in [2.24, 2.45) is 0 Å². The fraction of sp³-hybridized carbons (Fsp3) is 0.869. The first-order valence-corrected chi connectivity index (χ1v) is 31.8. The highest BCUT2D eigenvalue weighted by Gasteiger charge is 2.27. The third kappa shape index (κ3) is 52.9. The largest absolute Gasteiger partial charge is 0.756 e. The van der Waals surface area contributed by atoms with E-state index in [1.165, 1.54) is 173 Å². The number of carbonyl (C=O) groups excluding carboxylic acids is 2. The van der Waals surface area contributed by atoms with Crippen molar-refractivity contribution in [3.63, 3.8) is 0 Å². The predicted molar refractivity (Wildman–Crippen MR) is 303 cm³/mol. The molecule has 3 unspecified atom stereocenters. The molecule has 71 heavy (non-hydrogen) atoms. The molecule has 0 saturated heterocycles. The van der Waals surface area contributed by atoms with E-state index in [-0.39, 0.29) is 31.5 Å². The van der Waals surface area contributed by atoms with Gasteiger partial charge in [0.05, 0.1) is 33.8 Å². The Bertz CT molecular complexity index is 1310. The Balaban J connectivity index is 5.26. The maximum atomic E-state index is 13.5. The van der Waals surface area contributed by atoms with Crippen LogP contribution in [0, 0.1) is 0 Å². The first-order chi connectivity index (χ1) is 34.4. The zero-order valence-electron chi connectivity index (χ0n) is 47.7. The Hall–Kier alpha value is -1.77. The van der Waals surface area contributed by atoms with Crippen molar-refractivity contribution in [3.8, 4) is 0 Å². The van der Waals surface area contributed by atoms with Gasteiger partial charge in [0.2, 0.25) is 5.91 Å². The topological polar surface area (TPSA) is 114 Å². The summed E-state index contributed by atoms with van der Waals surface area (Å²) >= 11 is 0. The van der Waals surface area contributed by atoms with Crippen molar-refractivity contribution in [1.29, 1.82) is 0 Å². The molecule has 9 nitrogen and oxygen atoms in total. The maximum Gasteiger partial charge on any atom is 0.306 e. The van der Waals surface area contributed by atoms with Crippen molar-refractivity contribution in [1.82, 2.24) is 5.32 Å². The number of amides is 1. The molecular formula is C61H117N2O7P. The van der Waals surface area contributed by atoms with E-state index in [1.54, 1.807) is 0 Å². The number of likely N-dealkylation sites (N-methyl/N-ethyl adjacent to an activating group) is 1. The number of esters is 1. The van der Waals surface area contributed by atoms with Crippen LogP contribution in [0.3, 0.4) is 0 Å². The van der Waals surface area contributed by atoms with Crippen LogP contribution in [0.1, 0.15) is 290 Å². The van der Waals surface area contributed by atoms with Crippen LogP contribution in [-0.4, -0.2) is 69.4 Å². The lowest BCUT2D eigenvalue weighted by Crippen LogP contribution is -2.47. The molecule has 0 aliphatic rings. The second-order valence-electron chi connectivity index (χ2n) is 21.8. The molecule has 1 N–H and O–H groups in total. The van der Waals surface area contributed by atoms with Crippen molar-refractivity contribution in [2.75, 3.05) is 40.9 Å². The van der Waals surface area contributed by atoms with Gasteiger partial charge in [0, 0.05) is 12.8 Å². The van der Waals surface area contributed by atoms with Gasteiger partial charge in [0.25, 0.3) is 7.82 Å². The van der Waals surface area contributed by atoms with E-state index in [2.05, 4.69) is 50.4 Å². The maximum absolute atomic E-state index is 13.5. The quantitative estimate of drug-likeness (QED) is 0.0212. The monoisotopic (exact) mass is 1020 g/mol. The molecule has 3 atom stereocenters. The molecule has 0 saturated carbocycles. The molecule has 0 radical (unpaired) electrons. The number of allylic oxidation sites excluding steroid dienone is 5. The van der Waals surface area contributed by atoms with E-state index in [0.717, 1.165) is 83.5 Å². The van der Waals surface area contributed by atoms with E-state index in [0.29, 0.717) is 17.4 Å². The highest BCUT2D eigenvalue weighted by Crippen LogP contribution is 2.38. The van der Waals surface area contributed by atoms with Gasteiger partial charge in [-0.2, -0.15) is 0 Å². The van der Waals surface area contributed by atoms with E-state index < -0.39 is 20.0 Å². The van der Waals surface area contributed by atoms with Gasteiger partial charge >= 0.3 is 5.97 Å². The standard InChI is InChI=1S/C61H117N2O7P/c1-7-10-13-16-19-22-25-27-29-31-33-35-38-41-44-47-50-53-60(64)62-58(57-69-71(66,67)68-56-55-63(4,5)6)59(52-49-46-43-40-37-24-21-18-15-12-9-3)70-61(65)54-51-48-45-42-39-36-34-32-30-28-26-23-20-17-14-11-8-2/h27-30,49,52,58-59H,7-26,31-48,50-51,53-57H2,1-6H3,(H-,62,64,66,67)/b29-27+,30-28+,52-49+. The van der Waals surface area contributed by atoms with E-state index >= 15 is 0 Å². The Kier molecular flexibility index (Phi) is 50.4. The number of carbonyl (C=O) groups is 2. The number of nitrogens with zero attached hydrogens (tertiary/aromatic N) is 1. The van der Waals surface area contributed by atoms with Crippen molar-refractivity contribution in [3.05, 3.63) is 36.5 Å². The summed E-state index contributed by atoms with van der Waals surface area (Å²) in [6, 6.07) is -0.889. The molecular weight excluding hydrogens is 904 g/mol.